The van der Waals surface area contributed by atoms with Crippen molar-refractivity contribution in [3.8, 4) is 22.6 Å². The zero-order chi connectivity index (χ0) is 42.6. The monoisotopic (exact) mass is 819 g/mol. The van der Waals surface area contributed by atoms with Crippen molar-refractivity contribution in [3.63, 3.8) is 0 Å². The maximum atomic E-state index is 13.8. The summed E-state index contributed by atoms with van der Waals surface area (Å²) < 4.78 is 15.3. The first-order valence-corrected chi connectivity index (χ1v) is 18.6. The summed E-state index contributed by atoms with van der Waals surface area (Å²) in [6.45, 7) is 5.99. The van der Waals surface area contributed by atoms with Crippen LogP contribution in [-0.2, 0) is 21.4 Å². The summed E-state index contributed by atoms with van der Waals surface area (Å²) in [6, 6.07) is 17.2. The number of carbonyl (C=O) groups is 3. The van der Waals surface area contributed by atoms with Crippen LogP contribution in [0.15, 0.2) is 121 Å². The SMILES string of the molecule is CC(=O)C1(C(=O)Nc2ccc3c(c2)c(-c2ccc(F)cc2)nn3C)CCN(CC(=O)N2CCN(c3ccc(-c4ncccn4)cn3)C[C@H]2C)C1.N/N=N/N=N/N=N/N=N/N. The molecule has 0 saturated carbocycles. The molecule has 5 N–H and O–H groups in total. The molecule has 0 aliphatic carbocycles. The minimum Gasteiger partial charge on any atom is -0.353 e. The zero-order valence-corrected chi connectivity index (χ0v) is 32.9. The van der Waals surface area contributed by atoms with Gasteiger partial charge < -0.3 is 26.8 Å². The lowest BCUT2D eigenvalue weighted by atomic mass is 9.82. The number of piperazine rings is 1. The number of Topliss-reactive ketones (excluding diaryl/α,β-unsaturated/α-hetero) is 1. The Hall–Kier alpha value is -7.56. The van der Waals surface area contributed by atoms with Crippen molar-refractivity contribution in [3.05, 3.63) is 85.1 Å². The summed E-state index contributed by atoms with van der Waals surface area (Å²) in [6.07, 6.45) is 5.47. The van der Waals surface area contributed by atoms with Gasteiger partial charge in [-0.15, -0.1) is 0 Å². The van der Waals surface area contributed by atoms with Crippen LogP contribution in [0, 0.1) is 11.2 Å². The molecule has 0 bridgehead atoms. The molecule has 3 aromatic heterocycles. The van der Waals surface area contributed by atoms with E-state index in [1.165, 1.54) is 19.1 Å². The maximum absolute atomic E-state index is 13.8. The second-order valence-electron chi connectivity index (χ2n) is 13.9. The number of likely N-dealkylation sites (tertiary alicyclic amines) is 1. The molecule has 0 radical (unpaired) electrons. The third-order valence-electron chi connectivity index (χ3n) is 10.2. The van der Waals surface area contributed by atoms with E-state index < -0.39 is 11.3 Å². The molecular weight excluding hydrogens is 778 g/mol. The van der Waals surface area contributed by atoms with Gasteiger partial charge in [0.15, 0.2) is 5.82 Å². The molecule has 23 heteroatoms. The fraction of sp³-hybridized carbons (Fsp3) is 0.324. The first kappa shape index (κ1) is 42.1. The topological polar surface area (TPSA) is 280 Å². The fourth-order valence-electron chi connectivity index (χ4n) is 7.16. The van der Waals surface area contributed by atoms with Gasteiger partial charge in [0.2, 0.25) is 11.8 Å². The number of fused-ring (bicyclic) bond motifs is 1. The number of aromatic nitrogens is 5. The zero-order valence-electron chi connectivity index (χ0n) is 32.9. The molecule has 1 unspecified atom stereocenters. The molecule has 2 fully saturated rings. The van der Waals surface area contributed by atoms with Crippen molar-refractivity contribution in [2.45, 2.75) is 26.3 Å². The predicted molar refractivity (Wildman–Crippen MR) is 215 cm³/mol. The molecule has 2 aliphatic rings. The highest BCUT2D eigenvalue weighted by molar-refractivity contribution is 6.12. The summed E-state index contributed by atoms with van der Waals surface area (Å²) in [4.78, 5) is 59.6. The van der Waals surface area contributed by atoms with Crippen LogP contribution in [0.25, 0.3) is 33.5 Å². The van der Waals surface area contributed by atoms with Crippen LogP contribution >= 0.6 is 0 Å². The highest BCUT2D eigenvalue weighted by atomic mass is 19.1. The smallest absolute Gasteiger partial charge is 0.239 e. The summed E-state index contributed by atoms with van der Waals surface area (Å²) in [5, 5.41) is 31.3. The number of benzene rings is 2. The number of aryl methyl sites for hydroxylation is 1. The number of hydrogen-bond acceptors (Lipinski definition) is 11. The van der Waals surface area contributed by atoms with Gasteiger partial charge in [0.25, 0.3) is 0 Å². The van der Waals surface area contributed by atoms with Crippen LogP contribution in [0.1, 0.15) is 20.3 Å². The summed E-state index contributed by atoms with van der Waals surface area (Å²) in [5.74, 6) is 9.52. The second-order valence-corrected chi connectivity index (χ2v) is 13.9. The average Bonchev–Trinajstić information content (AvgIpc) is 3.84. The Morgan fingerprint density at radius 3 is 2.20 bits per heavy atom. The number of nitrogens with one attached hydrogen (secondary N) is 1. The highest BCUT2D eigenvalue weighted by Gasteiger charge is 2.49. The van der Waals surface area contributed by atoms with Gasteiger partial charge in [0.1, 0.15) is 28.5 Å². The molecule has 2 amide bonds. The van der Waals surface area contributed by atoms with Gasteiger partial charge in [-0.3, -0.25) is 24.0 Å². The number of rotatable bonds is 11. The van der Waals surface area contributed by atoms with Crippen molar-refractivity contribution in [1.82, 2.24) is 34.5 Å². The fourth-order valence-corrected chi connectivity index (χ4v) is 7.16. The van der Waals surface area contributed by atoms with Crippen molar-refractivity contribution in [2.24, 2.45) is 65.9 Å². The van der Waals surface area contributed by atoms with Gasteiger partial charge in [0.05, 0.1) is 12.1 Å². The molecule has 2 atom stereocenters. The molecule has 0 spiro atoms. The predicted octanol–water partition coefficient (Wildman–Crippen LogP) is 4.48. The number of nitrogens with zero attached hydrogens (tertiary/aromatic N) is 16. The minimum absolute atomic E-state index is 0.0307. The molecule has 2 aromatic carbocycles. The highest BCUT2D eigenvalue weighted by Crippen LogP contribution is 2.35. The largest absolute Gasteiger partial charge is 0.353 e. The van der Waals surface area contributed by atoms with Crippen LogP contribution in [0.5, 0.6) is 0 Å². The Kier molecular flexibility index (Phi) is 13.5. The van der Waals surface area contributed by atoms with Crippen LogP contribution in [0.2, 0.25) is 0 Å². The van der Waals surface area contributed by atoms with Gasteiger partial charge in [0, 0.05) is 86.6 Å². The number of anilines is 2. The Bertz CT molecular complexity index is 2390. The lowest BCUT2D eigenvalue weighted by Crippen LogP contribution is -2.56. The molecule has 5 aromatic rings. The van der Waals surface area contributed by atoms with E-state index in [4.69, 9.17) is 0 Å². The number of amides is 2. The molecule has 5 heterocycles. The van der Waals surface area contributed by atoms with E-state index in [-0.39, 0.29) is 36.6 Å². The lowest BCUT2D eigenvalue weighted by molar-refractivity contribution is -0.139. The molecule has 7 rings (SSSR count). The minimum atomic E-state index is -1.28. The quantitative estimate of drug-likeness (QED) is 0.0723. The van der Waals surface area contributed by atoms with Gasteiger partial charge >= 0.3 is 0 Å². The van der Waals surface area contributed by atoms with Gasteiger partial charge in [-0.05, 0) is 112 Å². The summed E-state index contributed by atoms with van der Waals surface area (Å²) in [7, 11) is 1.82. The van der Waals surface area contributed by atoms with Gasteiger partial charge in [-0.1, -0.05) is 10.4 Å². The van der Waals surface area contributed by atoms with Crippen molar-refractivity contribution in [1.29, 1.82) is 0 Å². The molecule has 22 nitrogen and oxygen atoms in total. The van der Waals surface area contributed by atoms with Gasteiger partial charge in [-0.25, -0.2) is 19.3 Å². The third kappa shape index (κ3) is 9.75. The van der Waals surface area contributed by atoms with E-state index >= 15 is 0 Å². The van der Waals surface area contributed by atoms with E-state index in [2.05, 4.69) is 83.7 Å². The molecule has 60 heavy (non-hydrogen) atoms. The lowest BCUT2D eigenvalue weighted by Gasteiger charge is -2.41. The number of nitrogens with two attached hydrogens (primary N) is 2. The van der Waals surface area contributed by atoms with Crippen LogP contribution in [0.3, 0.4) is 0 Å². The van der Waals surface area contributed by atoms with E-state index in [9.17, 15) is 18.8 Å². The normalized spacial score (nSPS) is 18.5. The number of hydrogen-bond donors (Lipinski definition) is 3. The Balaban J connectivity index is 0.000000537. The van der Waals surface area contributed by atoms with Crippen molar-refractivity contribution in [2.75, 3.05) is 49.5 Å². The van der Waals surface area contributed by atoms with Crippen LogP contribution in [0.4, 0.5) is 15.9 Å². The first-order chi connectivity index (χ1) is 29.0. The average molecular weight is 820 g/mol. The van der Waals surface area contributed by atoms with Crippen LogP contribution in [-0.4, -0.2) is 97.4 Å². The van der Waals surface area contributed by atoms with E-state index in [1.54, 1.807) is 47.5 Å². The van der Waals surface area contributed by atoms with Crippen LogP contribution < -0.4 is 21.9 Å². The van der Waals surface area contributed by atoms with Crippen molar-refractivity contribution >= 4 is 40.0 Å². The molecule has 2 saturated heterocycles. The summed E-state index contributed by atoms with van der Waals surface area (Å²) >= 11 is 0. The molecule has 310 valence electrons. The number of ketones is 1. The number of pyridine rings is 1. The molecule has 2 aliphatic heterocycles. The number of carbonyl (C=O) groups excluding carboxylic acids is 3. The van der Waals surface area contributed by atoms with E-state index in [1.807, 2.05) is 48.0 Å². The van der Waals surface area contributed by atoms with E-state index in [0.717, 1.165) is 27.8 Å². The standard InChI is InChI=1S/C37H38FN9O3.H4N10/c1-24-21-46(32-12-7-27(20-41-32)35-39-14-4-15-40-35)17-18-47(24)33(49)22-45-16-13-37(23-45,25(2)48)36(50)42-29-10-11-31-30(19-29)34(43-44(31)3)26-5-8-28(38)9-6-26;1-3-5-7-9-10-8-6-4-2/h4-12,14-15,19-20,24H,13,16-18,21-23H2,1-3H3,(H,42,50);(H2,1,4,5,8,9)(H2,2,3,6,7,10)/t24-,37?;/m1./s1. The van der Waals surface area contributed by atoms with Gasteiger partial charge in [-0.2, -0.15) is 5.10 Å². The maximum Gasteiger partial charge on any atom is 0.239 e. The second kappa shape index (κ2) is 19.3. The van der Waals surface area contributed by atoms with E-state index in [0.29, 0.717) is 49.8 Å². The molecular formula is C37H42FN19O3. The Morgan fingerprint density at radius 1 is 0.883 bits per heavy atom. The Labute approximate surface area is 342 Å². The summed E-state index contributed by atoms with van der Waals surface area (Å²) in [5.41, 5.74) is 2.33. The Morgan fingerprint density at radius 2 is 1.57 bits per heavy atom. The first-order valence-electron chi connectivity index (χ1n) is 18.6. The third-order valence-corrected chi connectivity index (χ3v) is 10.2. The van der Waals surface area contributed by atoms with Crippen molar-refractivity contribution < 1.29 is 18.8 Å². The number of halogens is 1.